The van der Waals surface area contributed by atoms with Gasteiger partial charge in [-0.15, -0.1) is 0 Å². The normalized spacial score (nSPS) is 12.4. The lowest BCUT2D eigenvalue weighted by Gasteiger charge is -2.12. The smallest absolute Gasteiger partial charge is 0.329 e. The first-order chi connectivity index (χ1) is 14.3. The first-order valence-corrected chi connectivity index (χ1v) is 10.3. The second kappa shape index (κ2) is 7.53. The molecular formula is C22H21N3O4S. The highest BCUT2D eigenvalue weighted by molar-refractivity contribution is 7.07. The number of ether oxygens (including phenoxy) is 1. The number of nitrogens with one attached hydrogen (secondary N) is 1. The number of nitrogens with zero attached hydrogens (tertiary/aromatic N) is 2. The molecule has 0 aliphatic heterocycles. The summed E-state index contributed by atoms with van der Waals surface area (Å²) in [6, 6.07) is 8.56. The van der Waals surface area contributed by atoms with Gasteiger partial charge in [0.15, 0.2) is 0 Å². The van der Waals surface area contributed by atoms with E-state index in [1.807, 2.05) is 6.07 Å². The Morgan fingerprint density at radius 3 is 2.73 bits per heavy atom. The Bertz CT molecular complexity index is 1410. The molecule has 0 saturated carbocycles. The first kappa shape index (κ1) is 20.0. The molecule has 0 radical (unpaired) electrons. The number of aromatic amines is 1. The van der Waals surface area contributed by atoms with Gasteiger partial charge in [-0.2, -0.15) is 4.37 Å². The summed E-state index contributed by atoms with van der Waals surface area (Å²) in [5.74, 6) is -0.652. The summed E-state index contributed by atoms with van der Waals surface area (Å²) in [7, 11) is 1.22. The van der Waals surface area contributed by atoms with Crippen molar-refractivity contribution in [1.29, 1.82) is 0 Å². The van der Waals surface area contributed by atoms with Crippen molar-refractivity contribution in [1.82, 2.24) is 13.9 Å². The van der Waals surface area contributed by atoms with Gasteiger partial charge in [0.05, 0.1) is 23.5 Å². The van der Waals surface area contributed by atoms with Crippen LogP contribution in [0.25, 0.3) is 21.8 Å². The number of aromatic nitrogens is 3. The highest BCUT2D eigenvalue weighted by Gasteiger charge is 2.21. The van der Waals surface area contributed by atoms with Gasteiger partial charge in [0, 0.05) is 16.7 Å². The van der Waals surface area contributed by atoms with E-state index >= 15 is 0 Å². The van der Waals surface area contributed by atoms with Gasteiger partial charge in [-0.05, 0) is 67.2 Å². The highest BCUT2D eigenvalue weighted by Crippen LogP contribution is 2.29. The zero-order valence-electron chi connectivity index (χ0n) is 17.1. The van der Waals surface area contributed by atoms with E-state index in [0.717, 1.165) is 25.9 Å². The Hall–Kier alpha value is -3.26. The second-order valence-corrected chi connectivity index (χ2v) is 8.30. The average molecular weight is 423 g/mol. The lowest BCUT2D eigenvalue weighted by atomic mass is 10.0. The van der Waals surface area contributed by atoms with Gasteiger partial charge in [0.25, 0.3) is 5.56 Å². The van der Waals surface area contributed by atoms with Crippen molar-refractivity contribution < 1.29 is 9.53 Å². The van der Waals surface area contributed by atoms with Gasteiger partial charge in [-0.1, -0.05) is 12.1 Å². The largest absolute Gasteiger partial charge is 0.467 e. The van der Waals surface area contributed by atoms with Crippen LogP contribution in [-0.4, -0.2) is 27.0 Å². The van der Waals surface area contributed by atoms with Crippen LogP contribution in [0.2, 0.25) is 0 Å². The summed E-state index contributed by atoms with van der Waals surface area (Å²) in [6.45, 7) is 5.59. The lowest BCUT2D eigenvalue weighted by molar-refractivity contribution is -0.144. The molecule has 1 N–H and O–H groups in total. The third kappa shape index (κ3) is 3.33. The molecule has 7 nitrogen and oxygen atoms in total. The molecule has 2 aromatic carbocycles. The average Bonchev–Trinajstić information content (AvgIpc) is 3.09. The highest BCUT2D eigenvalue weighted by atomic mass is 32.1. The molecule has 8 heteroatoms. The maximum atomic E-state index is 12.8. The van der Waals surface area contributed by atoms with Crippen LogP contribution < -0.4 is 11.2 Å². The van der Waals surface area contributed by atoms with E-state index < -0.39 is 23.3 Å². The number of benzene rings is 2. The van der Waals surface area contributed by atoms with E-state index in [-0.39, 0.29) is 0 Å². The van der Waals surface area contributed by atoms with Crippen LogP contribution in [-0.2, 0) is 16.0 Å². The molecule has 0 aliphatic carbocycles. The minimum Gasteiger partial charge on any atom is -0.467 e. The van der Waals surface area contributed by atoms with Gasteiger partial charge in [0.1, 0.15) is 6.04 Å². The number of methoxy groups -OCH3 is 1. The third-order valence-corrected chi connectivity index (χ3v) is 6.14. The summed E-state index contributed by atoms with van der Waals surface area (Å²) in [5, 5.41) is 1.50. The molecule has 0 amide bonds. The van der Waals surface area contributed by atoms with Crippen molar-refractivity contribution in [2.24, 2.45) is 0 Å². The molecule has 0 bridgehead atoms. The zero-order chi connectivity index (χ0) is 21.6. The van der Waals surface area contributed by atoms with Crippen LogP contribution in [0, 0.1) is 13.8 Å². The number of carbonyl (C=O) groups is 1. The number of carbonyl (C=O) groups excluding carboxylic acids is 1. The molecule has 2 aromatic heterocycles. The van der Waals surface area contributed by atoms with Crippen LogP contribution >= 0.6 is 11.5 Å². The second-order valence-electron chi connectivity index (χ2n) is 7.44. The van der Waals surface area contributed by atoms with Crippen molar-refractivity contribution in [2.45, 2.75) is 33.2 Å². The van der Waals surface area contributed by atoms with E-state index in [0.29, 0.717) is 17.3 Å². The SMILES string of the molecule is COC(=O)[C@H](C)n1c(=O)[nH]c2cc(Cc3snc4cc(C)cc(C)c34)ccc2c1=O. The van der Waals surface area contributed by atoms with Crippen LogP contribution in [0.5, 0.6) is 0 Å². The number of hydrogen-bond donors (Lipinski definition) is 1. The molecule has 1 atom stereocenters. The number of fused-ring (bicyclic) bond motifs is 2. The van der Waals surface area contributed by atoms with E-state index in [4.69, 9.17) is 0 Å². The fraction of sp³-hybridized carbons (Fsp3) is 0.273. The Kier molecular flexibility index (Phi) is 5.03. The van der Waals surface area contributed by atoms with Crippen molar-refractivity contribution in [3.63, 3.8) is 0 Å². The van der Waals surface area contributed by atoms with Gasteiger partial charge in [0.2, 0.25) is 0 Å². The monoisotopic (exact) mass is 423 g/mol. The summed E-state index contributed by atoms with van der Waals surface area (Å²) >= 11 is 1.47. The third-order valence-electron chi connectivity index (χ3n) is 5.28. The van der Waals surface area contributed by atoms with Crippen LogP contribution in [0.3, 0.4) is 0 Å². The maximum Gasteiger partial charge on any atom is 0.329 e. The van der Waals surface area contributed by atoms with Crippen molar-refractivity contribution in [3.05, 3.63) is 72.7 Å². The fourth-order valence-corrected chi connectivity index (χ4v) is 4.79. The number of hydrogen-bond acceptors (Lipinski definition) is 6. The fourth-order valence-electron chi connectivity index (χ4n) is 3.85. The Labute approximate surface area is 176 Å². The van der Waals surface area contributed by atoms with Gasteiger partial charge >= 0.3 is 11.7 Å². The molecule has 4 aromatic rings. The molecule has 0 unspecified atom stereocenters. The van der Waals surface area contributed by atoms with Crippen molar-refractivity contribution in [2.75, 3.05) is 7.11 Å². The summed E-state index contributed by atoms with van der Waals surface area (Å²) in [6.07, 6.45) is 0.644. The molecule has 30 heavy (non-hydrogen) atoms. The van der Waals surface area contributed by atoms with Crippen LogP contribution in [0.1, 0.15) is 34.5 Å². The van der Waals surface area contributed by atoms with E-state index in [1.165, 1.54) is 36.7 Å². The quantitative estimate of drug-likeness (QED) is 0.509. The Balaban J connectivity index is 1.77. The lowest BCUT2D eigenvalue weighted by Crippen LogP contribution is -2.40. The predicted octanol–water partition coefficient (Wildman–Crippen LogP) is 3.24. The number of aryl methyl sites for hydroxylation is 2. The van der Waals surface area contributed by atoms with E-state index in [9.17, 15) is 14.4 Å². The number of rotatable bonds is 4. The Morgan fingerprint density at radius 2 is 2.00 bits per heavy atom. The Morgan fingerprint density at radius 1 is 1.23 bits per heavy atom. The standard InChI is InChI=1S/C22H21N3O4S/c1-11-7-12(2)19-17(8-11)24-30-18(19)10-14-5-6-15-16(9-14)23-22(28)25(20(15)26)13(3)21(27)29-4/h5-9,13H,10H2,1-4H3,(H,23,28)/t13-/m0/s1. The van der Waals surface area contributed by atoms with Gasteiger partial charge in [-0.25, -0.2) is 14.2 Å². The van der Waals surface area contributed by atoms with E-state index in [2.05, 4.69) is 40.1 Å². The summed E-state index contributed by atoms with van der Waals surface area (Å²) in [5.41, 5.74) is 3.59. The van der Waals surface area contributed by atoms with Crippen LogP contribution in [0.15, 0.2) is 39.9 Å². The maximum absolute atomic E-state index is 12.8. The molecular weight excluding hydrogens is 402 g/mol. The molecule has 4 rings (SSSR count). The summed E-state index contributed by atoms with van der Waals surface area (Å²) in [4.78, 5) is 41.0. The molecule has 0 spiro atoms. The van der Waals surface area contributed by atoms with Gasteiger partial charge < -0.3 is 9.72 Å². The number of esters is 1. The molecule has 0 saturated heterocycles. The molecule has 154 valence electrons. The van der Waals surface area contributed by atoms with Crippen LogP contribution in [0.4, 0.5) is 0 Å². The minimum atomic E-state index is -1.01. The minimum absolute atomic E-state index is 0.343. The van der Waals surface area contributed by atoms with E-state index in [1.54, 1.807) is 12.1 Å². The van der Waals surface area contributed by atoms with Crippen molar-refractivity contribution >= 4 is 39.3 Å². The van der Waals surface area contributed by atoms with Gasteiger partial charge in [-0.3, -0.25) is 4.79 Å². The zero-order valence-corrected chi connectivity index (χ0v) is 17.9. The summed E-state index contributed by atoms with van der Waals surface area (Å²) < 4.78 is 10.1. The predicted molar refractivity (Wildman–Crippen MR) is 117 cm³/mol. The number of H-pyrrole nitrogens is 1. The molecule has 2 heterocycles. The first-order valence-electron chi connectivity index (χ1n) is 9.51. The topological polar surface area (TPSA) is 94.1 Å². The molecule has 0 fully saturated rings. The molecule has 0 aliphatic rings. The van der Waals surface area contributed by atoms with Crippen molar-refractivity contribution in [3.8, 4) is 0 Å².